The van der Waals surface area contributed by atoms with Gasteiger partial charge in [-0.15, -0.1) is 11.3 Å². The van der Waals surface area contributed by atoms with Crippen LogP contribution in [0.4, 0.5) is 5.13 Å². The molecule has 0 aliphatic heterocycles. The van der Waals surface area contributed by atoms with E-state index in [0.717, 1.165) is 0 Å². The maximum Gasteiger partial charge on any atom is 0.339 e. The van der Waals surface area contributed by atoms with Crippen molar-refractivity contribution in [2.75, 3.05) is 5.32 Å². The van der Waals surface area contributed by atoms with E-state index in [9.17, 15) is 9.59 Å². The first-order valence-corrected chi connectivity index (χ1v) is 7.50. The van der Waals surface area contributed by atoms with Crippen molar-refractivity contribution in [2.24, 2.45) is 0 Å². The van der Waals surface area contributed by atoms with Crippen LogP contribution >= 0.6 is 27.3 Å². The number of rotatable bonds is 5. The third-order valence-electron chi connectivity index (χ3n) is 2.38. The van der Waals surface area contributed by atoms with Crippen molar-refractivity contribution < 1.29 is 19.4 Å². The van der Waals surface area contributed by atoms with E-state index < -0.39 is 5.97 Å². The van der Waals surface area contributed by atoms with Crippen LogP contribution in [-0.4, -0.2) is 22.0 Å². The van der Waals surface area contributed by atoms with Gasteiger partial charge in [-0.25, -0.2) is 9.78 Å². The van der Waals surface area contributed by atoms with Crippen molar-refractivity contribution in [3.63, 3.8) is 0 Å². The Labute approximate surface area is 132 Å². The van der Waals surface area contributed by atoms with Gasteiger partial charge in [0.2, 0.25) is 5.91 Å². The van der Waals surface area contributed by atoms with E-state index in [1.807, 2.05) is 0 Å². The summed E-state index contributed by atoms with van der Waals surface area (Å²) in [6.07, 6.45) is 0. The van der Waals surface area contributed by atoms with E-state index in [2.05, 4.69) is 26.2 Å². The molecule has 0 fully saturated rings. The number of carboxylic acid groups (broad SMARTS) is 1. The van der Waals surface area contributed by atoms with Crippen LogP contribution < -0.4 is 10.1 Å². The topological polar surface area (TPSA) is 88.5 Å². The molecule has 8 heteroatoms. The summed E-state index contributed by atoms with van der Waals surface area (Å²) in [6.45, 7) is 1.52. The molecule has 0 aliphatic rings. The van der Waals surface area contributed by atoms with E-state index in [4.69, 9.17) is 9.84 Å². The van der Waals surface area contributed by atoms with Crippen molar-refractivity contribution in [1.82, 2.24) is 4.98 Å². The molecule has 0 unspecified atom stereocenters. The lowest BCUT2D eigenvalue weighted by Crippen LogP contribution is -2.06. The summed E-state index contributed by atoms with van der Waals surface area (Å²) in [5.41, 5.74) is 0.685. The van der Waals surface area contributed by atoms with E-state index in [1.165, 1.54) is 24.3 Å². The van der Waals surface area contributed by atoms with Crippen LogP contribution in [0.5, 0.6) is 5.75 Å². The number of anilines is 1. The molecule has 0 saturated carbocycles. The molecule has 21 heavy (non-hydrogen) atoms. The lowest BCUT2D eigenvalue weighted by atomic mass is 10.2. The Morgan fingerprint density at radius 1 is 1.48 bits per heavy atom. The number of nitrogens with one attached hydrogen (secondary N) is 1. The average molecular weight is 371 g/mol. The Balaban J connectivity index is 2.08. The second-order valence-corrected chi connectivity index (χ2v) is 5.83. The third-order valence-corrected chi connectivity index (χ3v) is 3.68. The molecule has 0 saturated heterocycles. The molecule has 2 N–H and O–H groups in total. The fourth-order valence-corrected chi connectivity index (χ4v) is 2.63. The molecule has 6 nitrogen and oxygen atoms in total. The van der Waals surface area contributed by atoms with E-state index >= 15 is 0 Å². The first kappa shape index (κ1) is 15.5. The van der Waals surface area contributed by atoms with Gasteiger partial charge in [0.1, 0.15) is 17.9 Å². The Bertz CT molecular complexity index is 687. The predicted molar refractivity (Wildman–Crippen MR) is 81.9 cm³/mol. The van der Waals surface area contributed by atoms with Crippen molar-refractivity contribution >= 4 is 44.3 Å². The summed E-state index contributed by atoms with van der Waals surface area (Å²) in [4.78, 5) is 26.2. The maximum atomic E-state index is 11.1. The monoisotopic (exact) mass is 370 g/mol. The summed E-state index contributed by atoms with van der Waals surface area (Å²) in [5.74, 6) is -0.999. The maximum absolute atomic E-state index is 11.1. The predicted octanol–water partition coefficient (Wildman–Crippen LogP) is 3.14. The zero-order valence-corrected chi connectivity index (χ0v) is 13.3. The van der Waals surface area contributed by atoms with Gasteiger partial charge in [0.25, 0.3) is 0 Å². The number of amides is 1. The molecule has 110 valence electrons. The second kappa shape index (κ2) is 6.68. The van der Waals surface area contributed by atoms with Crippen LogP contribution in [0.3, 0.4) is 0 Å². The summed E-state index contributed by atoms with van der Waals surface area (Å²) >= 11 is 4.50. The largest absolute Gasteiger partial charge is 0.486 e. The number of benzene rings is 1. The summed E-state index contributed by atoms with van der Waals surface area (Å²) in [5, 5.41) is 13.9. The number of hydrogen-bond acceptors (Lipinski definition) is 5. The first-order valence-electron chi connectivity index (χ1n) is 5.83. The molecule has 0 radical (unpaired) electrons. The standard InChI is InChI=1S/C13H11BrN2O4S/c1-7(17)15-13-16-9(6-21-13)5-20-11-3-2-8(14)4-10(11)12(18)19/h2-4,6H,5H2,1H3,(H,18,19)(H,15,16,17). The highest BCUT2D eigenvalue weighted by Gasteiger charge is 2.12. The molecular weight excluding hydrogens is 360 g/mol. The van der Waals surface area contributed by atoms with Gasteiger partial charge in [-0.2, -0.15) is 0 Å². The van der Waals surface area contributed by atoms with Crippen LogP contribution in [-0.2, 0) is 11.4 Å². The molecular formula is C13H11BrN2O4S. The minimum Gasteiger partial charge on any atom is -0.486 e. The normalized spacial score (nSPS) is 10.2. The van der Waals surface area contributed by atoms with Crippen LogP contribution in [0.2, 0.25) is 0 Å². The Hall–Kier alpha value is -1.93. The molecule has 2 rings (SSSR count). The molecule has 1 aromatic carbocycles. The van der Waals surface area contributed by atoms with Crippen LogP contribution in [0.25, 0.3) is 0 Å². The quantitative estimate of drug-likeness (QED) is 0.843. The fraction of sp³-hybridized carbons (Fsp3) is 0.154. The van der Waals surface area contributed by atoms with E-state index in [-0.39, 0.29) is 23.8 Å². The fourth-order valence-electron chi connectivity index (χ4n) is 1.53. The Morgan fingerprint density at radius 2 is 2.24 bits per heavy atom. The number of carboxylic acids is 1. The minimum absolute atomic E-state index is 0.0710. The highest BCUT2D eigenvalue weighted by atomic mass is 79.9. The number of carbonyl (C=O) groups is 2. The molecule has 2 aromatic rings. The zero-order valence-electron chi connectivity index (χ0n) is 10.9. The number of aromatic nitrogens is 1. The number of halogens is 1. The number of carbonyl (C=O) groups excluding carboxylic acids is 1. The van der Waals surface area contributed by atoms with Gasteiger partial charge >= 0.3 is 5.97 Å². The van der Waals surface area contributed by atoms with Crippen LogP contribution in [0, 0.1) is 0 Å². The third kappa shape index (κ3) is 4.27. The van der Waals surface area contributed by atoms with Gasteiger partial charge in [0.05, 0.1) is 5.69 Å². The van der Waals surface area contributed by atoms with E-state index in [0.29, 0.717) is 15.3 Å². The first-order chi connectivity index (χ1) is 9.95. The molecule has 1 heterocycles. The number of hydrogen-bond donors (Lipinski definition) is 2. The molecule has 1 aromatic heterocycles. The van der Waals surface area contributed by atoms with Gasteiger partial charge in [-0.05, 0) is 18.2 Å². The average Bonchev–Trinajstić information content (AvgIpc) is 2.83. The molecule has 0 spiro atoms. The summed E-state index contributed by atoms with van der Waals surface area (Å²) < 4.78 is 6.15. The molecule has 0 atom stereocenters. The number of nitrogens with zero attached hydrogens (tertiary/aromatic N) is 1. The lowest BCUT2D eigenvalue weighted by Gasteiger charge is -2.08. The lowest BCUT2D eigenvalue weighted by molar-refractivity contribution is -0.114. The van der Waals surface area contributed by atoms with Crippen LogP contribution in [0.15, 0.2) is 28.1 Å². The molecule has 1 amide bonds. The highest BCUT2D eigenvalue weighted by molar-refractivity contribution is 9.10. The van der Waals surface area contributed by atoms with Gasteiger partial charge < -0.3 is 15.2 Å². The summed E-state index contributed by atoms with van der Waals surface area (Å²) in [6, 6.07) is 4.75. The van der Waals surface area contributed by atoms with Gasteiger partial charge in [0.15, 0.2) is 5.13 Å². The molecule has 0 aliphatic carbocycles. The van der Waals surface area contributed by atoms with Gasteiger partial charge in [0, 0.05) is 16.8 Å². The zero-order chi connectivity index (χ0) is 15.4. The summed E-state index contributed by atoms with van der Waals surface area (Å²) in [7, 11) is 0. The van der Waals surface area contributed by atoms with Crippen molar-refractivity contribution in [2.45, 2.75) is 13.5 Å². The Morgan fingerprint density at radius 3 is 2.90 bits per heavy atom. The van der Waals surface area contributed by atoms with Gasteiger partial charge in [-0.1, -0.05) is 15.9 Å². The molecule has 0 bridgehead atoms. The number of ether oxygens (including phenoxy) is 1. The van der Waals surface area contributed by atoms with Crippen molar-refractivity contribution in [3.8, 4) is 5.75 Å². The number of aromatic carboxylic acids is 1. The second-order valence-electron chi connectivity index (χ2n) is 4.06. The smallest absolute Gasteiger partial charge is 0.339 e. The highest BCUT2D eigenvalue weighted by Crippen LogP contribution is 2.24. The van der Waals surface area contributed by atoms with Crippen LogP contribution in [0.1, 0.15) is 23.0 Å². The minimum atomic E-state index is -1.07. The Kier molecular flexibility index (Phi) is 4.92. The number of thiazole rings is 1. The van der Waals surface area contributed by atoms with Crippen molar-refractivity contribution in [3.05, 3.63) is 39.3 Å². The van der Waals surface area contributed by atoms with Crippen molar-refractivity contribution in [1.29, 1.82) is 0 Å². The van der Waals surface area contributed by atoms with Gasteiger partial charge in [-0.3, -0.25) is 4.79 Å². The van der Waals surface area contributed by atoms with E-state index in [1.54, 1.807) is 17.5 Å². The SMILES string of the molecule is CC(=O)Nc1nc(COc2ccc(Br)cc2C(=O)O)cs1.